The van der Waals surface area contributed by atoms with Gasteiger partial charge in [0.15, 0.2) is 0 Å². The summed E-state index contributed by atoms with van der Waals surface area (Å²) in [6, 6.07) is 0. The van der Waals surface area contributed by atoms with Crippen LogP contribution in [0.5, 0.6) is 0 Å². The molecule has 0 spiro atoms. The van der Waals surface area contributed by atoms with Gasteiger partial charge in [0.2, 0.25) is 0 Å². The molecule has 0 rings (SSSR count). The zero-order valence-corrected chi connectivity index (χ0v) is 5.76. The van der Waals surface area contributed by atoms with Crippen LogP contribution in [0.3, 0.4) is 0 Å². The Bertz CT molecular complexity index is 110. The average Bonchev–Trinajstić information content (AvgIpc) is 1.61. The summed E-state index contributed by atoms with van der Waals surface area (Å²) in [6.07, 6.45) is -4.58. The molecule has 0 aliphatic rings. The van der Waals surface area contributed by atoms with Crippen LogP contribution in [0.1, 0.15) is 6.92 Å². The summed E-state index contributed by atoms with van der Waals surface area (Å²) in [5, 5.41) is -4.64. The second-order valence-corrected chi connectivity index (χ2v) is 1.92. The Morgan fingerprint density at radius 2 is 1.70 bits per heavy atom. The van der Waals surface area contributed by atoms with Crippen LogP contribution < -0.4 is 0 Å². The van der Waals surface area contributed by atoms with Crippen LogP contribution in [-0.4, -0.2) is 18.1 Å². The van der Waals surface area contributed by atoms with Crippen molar-refractivity contribution in [3.63, 3.8) is 0 Å². The van der Waals surface area contributed by atoms with Gasteiger partial charge in [-0.25, -0.2) is 0 Å². The molecule has 0 radical (unpaired) electrons. The maximum atomic E-state index is 11.8. The van der Waals surface area contributed by atoms with Crippen molar-refractivity contribution in [3.05, 3.63) is 0 Å². The fourth-order valence-corrected chi connectivity index (χ4v) is 0.318. The van der Waals surface area contributed by atoms with Gasteiger partial charge in [-0.2, -0.15) is 17.6 Å². The summed E-state index contributed by atoms with van der Waals surface area (Å²) in [4.78, 5) is 0. The third-order valence-electron chi connectivity index (χ3n) is 0.656. The van der Waals surface area contributed by atoms with Crippen molar-refractivity contribution >= 4 is 11.6 Å². The first kappa shape index (κ1) is 9.97. The molecule has 0 aliphatic heterocycles. The van der Waals surface area contributed by atoms with Gasteiger partial charge in [-0.3, -0.25) is 0 Å². The van der Waals surface area contributed by atoms with E-state index in [-0.39, 0.29) is 0 Å². The molecule has 0 fully saturated rings. The van der Waals surface area contributed by atoms with Crippen molar-refractivity contribution in [1.29, 1.82) is 0 Å². The molecule has 0 aromatic rings. The van der Waals surface area contributed by atoms with E-state index in [9.17, 15) is 17.6 Å². The second kappa shape index (κ2) is 2.92. The molecule has 0 saturated heterocycles. The van der Waals surface area contributed by atoms with Crippen molar-refractivity contribution in [3.8, 4) is 0 Å². The molecule has 0 amide bonds. The maximum absolute atomic E-state index is 11.8. The van der Waals surface area contributed by atoms with Gasteiger partial charge in [-0.05, 0) is 18.5 Å². The van der Waals surface area contributed by atoms with E-state index < -0.39 is 18.1 Å². The van der Waals surface area contributed by atoms with E-state index in [1.165, 1.54) is 0 Å². The predicted octanol–water partition coefficient (Wildman–Crippen LogP) is 2.45. The van der Waals surface area contributed by atoms with Gasteiger partial charge < -0.3 is 4.74 Å². The first-order valence-electron chi connectivity index (χ1n) is 2.39. The Labute approximate surface area is 59.9 Å². The lowest BCUT2D eigenvalue weighted by Crippen LogP contribution is -2.38. The zero-order valence-electron chi connectivity index (χ0n) is 5.01. The molecule has 0 saturated carbocycles. The van der Waals surface area contributed by atoms with Crippen molar-refractivity contribution in [2.75, 3.05) is 6.61 Å². The summed E-state index contributed by atoms with van der Waals surface area (Å²) in [6.45, 7) is 0.645. The van der Waals surface area contributed by atoms with Gasteiger partial charge in [-0.1, -0.05) is 0 Å². The van der Waals surface area contributed by atoms with Gasteiger partial charge in [0, 0.05) is 0 Å². The molecule has 6 heteroatoms. The minimum absolute atomic E-state index is 0.519. The Morgan fingerprint density at radius 1 is 1.30 bits per heavy atom. The van der Waals surface area contributed by atoms with Crippen molar-refractivity contribution in [2.45, 2.75) is 18.4 Å². The van der Waals surface area contributed by atoms with E-state index in [2.05, 4.69) is 16.3 Å². The monoisotopic (exact) mass is 180 g/mol. The summed E-state index contributed by atoms with van der Waals surface area (Å²) in [5.74, 6) is 0. The molecule has 0 heterocycles. The molecular formula is C4H5ClF4O. The van der Waals surface area contributed by atoms with Crippen LogP contribution in [0, 0.1) is 0 Å². The SMILES string of the molecule is CCOC(F)(F)C(F)(F)Cl. The van der Waals surface area contributed by atoms with Crippen LogP contribution in [0.15, 0.2) is 0 Å². The molecule has 0 bridgehead atoms. The summed E-state index contributed by atoms with van der Waals surface area (Å²) in [7, 11) is 0. The van der Waals surface area contributed by atoms with Crippen LogP contribution in [0.4, 0.5) is 17.6 Å². The smallest absolute Gasteiger partial charge is 0.315 e. The molecule has 1 nitrogen and oxygen atoms in total. The van der Waals surface area contributed by atoms with Crippen LogP contribution in [-0.2, 0) is 4.74 Å². The number of hydrogen-bond donors (Lipinski definition) is 0. The highest BCUT2D eigenvalue weighted by molar-refractivity contribution is 6.22. The molecule has 0 aliphatic carbocycles. The van der Waals surface area contributed by atoms with Crippen LogP contribution >= 0.6 is 11.6 Å². The summed E-state index contributed by atoms with van der Waals surface area (Å²) in [5.41, 5.74) is 0. The summed E-state index contributed by atoms with van der Waals surface area (Å²) < 4.78 is 50.2. The Kier molecular flexibility index (Phi) is 2.91. The lowest BCUT2D eigenvalue weighted by Gasteiger charge is -2.19. The molecule has 10 heavy (non-hydrogen) atoms. The number of halogens is 5. The zero-order chi connectivity index (χ0) is 8.41. The lowest BCUT2D eigenvalue weighted by molar-refractivity contribution is -0.315. The minimum Gasteiger partial charge on any atom is -0.315 e. The van der Waals surface area contributed by atoms with E-state index >= 15 is 0 Å². The largest absolute Gasteiger partial charge is 0.434 e. The van der Waals surface area contributed by atoms with E-state index in [1.54, 1.807) is 0 Å². The molecular weight excluding hydrogens is 175 g/mol. The van der Waals surface area contributed by atoms with Crippen molar-refractivity contribution in [1.82, 2.24) is 0 Å². The molecule has 0 unspecified atom stereocenters. The topological polar surface area (TPSA) is 9.23 Å². The standard InChI is InChI=1S/C4H5ClF4O/c1-2-10-4(8,9)3(5,6)7/h2H2,1H3. The highest BCUT2D eigenvalue weighted by Crippen LogP contribution is 2.38. The van der Waals surface area contributed by atoms with Crippen molar-refractivity contribution in [2.24, 2.45) is 0 Å². The average molecular weight is 181 g/mol. The van der Waals surface area contributed by atoms with Crippen molar-refractivity contribution < 1.29 is 22.3 Å². The highest BCUT2D eigenvalue weighted by atomic mass is 35.5. The Morgan fingerprint density at radius 3 is 1.80 bits per heavy atom. The molecule has 0 N–H and O–H groups in total. The number of rotatable bonds is 3. The second-order valence-electron chi connectivity index (χ2n) is 1.45. The van der Waals surface area contributed by atoms with E-state index in [0.717, 1.165) is 6.92 Å². The fraction of sp³-hybridized carbons (Fsp3) is 1.00. The van der Waals surface area contributed by atoms with Crippen LogP contribution in [0.2, 0.25) is 0 Å². The predicted molar refractivity (Wildman–Crippen MR) is 27.4 cm³/mol. The quantitative estimate of drug-likeness (QED) is 0.479. The number of alkyl halides is 5. The van der Waals surface area contributed by atoms with Gasteiger partial charge in [0.25, 0.3) is 0 Å². The first-order chi connectivity index (χ1) is 4.31. The Balaban J connectivity index is 4.10. The number of hydrogen-bond acceptors (Lipinski definition) is 1. The molecule has 0 aromatic carbocycles. The van der Waals surface area contributed by atoms with E-state index in [4.69, 9.17) is 0 Å². The molecule has 0 atom stereocenters. The first-order valence-corrected chi connectivity index (χ1v) is 2.77. The molecule has 62 valence electrons. The lowest BCUT2D eigenvalue weighted by atomic mass is 10.6. The van der Waals surface area contributed by atoms with Gasteiger partial charge in [-0.15, -0.1) is 0 Å². The normalized spacial score (nSPS) is 13.8. The summed E-state index contributed by atoms with van der Waals surface area (Å²) >= 11 is 4.00. The number of ether oxygens (including phenoxy) is 1. The third-order valence-corrected chi connectivity index (χ3v) is 0.876. The van der Waals surface area contributed by atoms with Gasteiger partial charge in [0.05, 0.1) is 6.61 Å². The fourth-order valence-electron chi connectivity index (χ4n) is 0.263. The van der Waals surface area contributed by atoms with Gasteiger partial charge in [0.1, 0.15) is 0 Å². The minimum atomic E-state index is -4.64. The van der Waals surface area contributed by atoms with E-state index in [0.29, 0.717) is 0 Å². The van der Waals surface area contributed by atoms with Crippen LogP contribution in [0.25, 0.3) is 0 Å². The third kappa shape index (κ3) is 2.30. The Hall–Kier alpha value is -0.0300. The van der Waals surface area contributed by atoms with Gasteiger partial charge >= 0.3 is 11.5 Å². The maximum Gasteiger partial charge on any atom is 0.434 e. The molecule has 0 aromatic heterocycles. The highest BCUT2D eigenvalue weighted by Gasteiger charge is 2.56. The van der Waals surface area contributed by atoms with E-state index in [1.807, 2.05) is 0 Å².